The number of nitrogens with zero attached hydrogens (tertiary/aromatic N) is 4. The Labute approximate surface area is 121 Å². The summed E-state index contributed by atoms with van der Waals surface area (Å²) in [5, 5.41) is 6.63. The maximum atomic E-state index is 12.5. The molecule has 0 atom stereocenters. The normalized spacial score (nSPS) is 15.2. The summed E-state index contributed by atoms with van der Waals surface area (Å²) in [6, 6.07) is 10.3. The minimum absolute atomic E-state index is 0.0125. The molecule has 106 valence electrons. The summed E-state index contributed by atoms with van der Waals surface area (Å²) >= 11 is 0. The van der Waals surface area contributed by atoms with Gasteiger partial charge in [-0.2, -0.15) is 5.10 Å². The topological polar surface area (TPSA) is 66.3 Å². The number of benzene rings is 1. The third-order valence-corrected chi connectivity index (χ3v) is 3.93. The first-order valence-corrected chi connectivity index (χ1v) is 7.01. The minimum atomic E-state index is -0.0125. The Morgan fingerprint density at radius 2 is 2.10 bits per heavy atom. The van der Waals surface area contributed by atoms with Gasteiger partial charge in [0.25, 0.3) is 5.56 Å². The van der Waals surface area contributed by atoms with Crippen LogP contribution in [0.5, 0.6) is 0 Å². The standard InChI is InChI=1S/C15H15N5O/c21-14-12-9-19(8-11-4-2-1-3-5-11)7-6-13(12)17-15-18-16-10-20(14)15/h1-5,10H,6-9H2,(H,17,18). The number of nitrogens with one attached hydrogen (secondary N) is 1. The molecule has 2 aromatic heterocycles. The van der Waals surface area contributed by atoms with Gasteiger partial charge in [0.2, 0.25) is 5.78 Å². The molecule has 21 heavy (non-hydrogen) atoms. The Kier molecular flexibility index (Phi) is 2.82. The average molecular weight is 281 g/mol. The fourth-order valence-corrected chi connectivity index (χ4v) is 2.85. The van der Waals surface area contributed by atoms with E-state index >= 15 is 0 Å². The van der Waals surface area contributed by atoms with E-state index in [9.17, 15) is 4.79 Å². The summed E-state index contributed by atoms with van der Waals surface area (Å²) in [5.74, 6) is 0.523. The molecule has 3 aromatic rings. The van der Waals surface area contributed by atoms with E-state index in [1.165, 1.54) is 16.3 Å². The molecule has 0 aliphatic carbocycles. The van der Waals surface area contributed by atoms with Gasteiger partial charge in [-0.3, -0.25) is 9.69 Å². The number of aromatic amines is 1. The van der Waals surface area contributed by atoms with Crippen molar-refractivity contribution in [3.63, 3.8) is 0 Å². The molecule has 0 amide bonds. The zero-order valence-corrected chi connectivity index (χ0v) is 11.5. The summed E-state index contributed by atoms with van der Waals surface area (Å²) in [6.07, 6.45) is 2.29. The molecule has 0 saturated carbocycles. The van der Waals surface area contributed by atoms with Crippen molar-refractivity contribution in [2.24, 2.45) is 0 Å². The van der Waals surface area contributed by atoms with Crippen LogP contribution >= 0.6 is 0 Å². The summed E-state index contributed by atoms with van der Waals surface area (Å²) in [6.45, 7) is 2.41. The van der Waals surface area contributed by atoms with Crippen LogP contribution in [0.3, 0.4) is 0 Å². The first-order chi connectivity index (χ1) is 10.3. The van der Waals surface area contributed by atoms with Crippen molar-refractivity contribution in [1.82, 2.24) is 24.5 Å². The molecule has 6 nitrogen and oxygen atoms in total. The highest BCUT2D eigenvalue weighted by Crippen LogP contribution is 2.16. The van der Waals surface area contributed by atoms with Gasteiger partial charge in [-0.15, -0.1) is 0 Å². The van der Waals surface area contributed by atoms with Gasteiger partial charge in [-0.1, -0.05) is 30.3 Å². The van der Waals surface area contributed by atoms with Crippen LogP contribution in [0.1, 0.15) is 16.8 Å². The van der Waals surface area contributed by atoms with Crippen LogP contribution in [0.4, 0.5) is 0 Å². The Bertz CT molecular complexity index is 836. The van der Waals surface area contributed by atoms with Crippen LogP contribution in [0.25, 0.3) is 5.78 Å². The second-order valence-corrected chi connectivity index (χ2v) is 5.34. The van der Waals surface area contributed by atoms with Crippen LogP contribution in [0.15, 0.2) is 41.5 Å². The molecule has 0 saturated heterocycles. The van der Waals surface area contributed by atoms with Gasteiger partial charge in [-0.05, 0) is 5.56 Å². The van der Waals surface area contributed by atoms with Gasteiger partial charge in [0.05, 0.1) is 11.3 Å². The lowest BCUT2D eigenvalue weighted by Crippen LogP contribution is -2.36. The van der Waals surface area contributed by atoms with Gasteiger partial charge in [0.1, 0.15) is 6.33 Å². The molecule has 6 heteroatoms. The highest BCUT2D eigenvalue weighted by molar-refractivity contribution is 5.33. The van der Waals surface area contributed by atoms with Gasteiger partial charge < -0.3 is 0 Å². The monoisotopic (exact) mass is 281 g/mol. The van der Waals surface area contributed by atoms with E-state index in [1.54, 1.807) is 0 Å². The Balaban J connectivity index is 1.66. The van der Waals surface area contributed by atoms with Crippen molar-refractivity contribution in [2.45, 2.75) is 19.5 Å². The maximum Gasteiger partial charge on any atom is 0.265 e. The van der Waals surface area contributed by atoms with Gasteiger partial charge in [0.15, 0.2) is 0 Å². The molecular weight excluding hydrogens is 266 g/mol. The molecule has 3 heterocycles. The van der Waals surface area contributed by atoms with E-state index in [0.717, 1.165) is 30.8 Å². The molecule has 1 aliphatic rings. The first kappa shape index (κ1) is 12.3. The quantitative estimate of drug-likeness (QED) is 0.760. The molecule has 0 radical (unpaired) electrons. The fourth-order valence-electron chi connectivity index (χ4n) is 2.85. The number of aromatic nitrogens is 4. The Morgan fingerprint density at radius 1 is 1.24 bits per heavy atom. The number of hydrogen-bond donors (Lipinski definition) is 1. The lowest BCUT2D eigenvalue weighted by molar-refractivity contribution is 0.242. The maximum absolute atomic E-state index is 12.5. The third-order valence-electron chi connectivity index (χ3n) is 3.93. The van der Waals surface area contributed by atoms with Crippen molar-refractivity contribution in [3.8, 4) is 0 Å². The number of rotatable bonds is 2. The van der Waals surface area contributed by atoms with E-state index in [2.05, 4.69) is 32.2 Å². The van der Waals surface area contributed by atoms with Crippen molar-refractivity contribution in [3.05, 3.63) is 63.8 Å². The molecule has 1 aromatic carbocycles. The SMILES string of the molecule is O=c1c2c(nc3[nH]ncn13)CCN(Cc1ccccc1)C2. The van der Waals surface area contributed by atoms with Crippen LogP contribution < -0.4 is 5.56 Å². The van der Waals surface area contributed by atoms with Crippen molar-refractivity contribution >= 4 is 5.78 Å². The molecule has 0 fully saturated rings. The molecule has 0 unspecified atom stereocenters. The largest absolute Gasteiger partial charge is 0.294 e. The number of fused-ring (bicyclic) bond motifs is 2. The van der Waals surface area contributed by atoms with Crippen LogP contribution in [-0.2, 0) is 19.5 Å². The van der Waals surface area contributed by atoms with E-state index < -0.39 is 0 Å². The second-order valence-electron chi connectivity index (χ2n) is 5.34. The molecule has 1 aliphatic heterocycles. The molecule has 0 spiro atoms. The lowest BCUT2D eigenvalue weighted by atomic mass is 10.1. The highest BCUT2D eigenvalue weighted by Gasteiger charge is 2.22. The van der Waals surface area contributed by atoms with Crippen molar-refractivity contribution < 1.29 is 0 Å². The smallest absolute Gasteiger partial charge is 0.265 e. The van der Waals surface area contributed by atoms with Crippen LogP contribution in [-0.4, -0.2) is 31.0 Å². The zero-order chi connectivity index (χ0) is 14.2. The predicted octanol–water partition coefficient (Wildman–Crippen LogP) is 0.976. The zero-order valence-electron chi connectivity index (χ0n) is 11.5. The van der Waals surface area contributed by atoms with Crippen molar-refractivity contribution in [2.75, 3.05) is 6.54 Å². The van der Waals surface area contributed by atoms with Gasteiger partial charge >= 0.3 is 0 Å². The molecular formula is C15H15N5O. The number of hydrogen-bond acceptors (Lipinski definition) is 4. The summed E-state index contributed by atoms with van der Waals surface area (Å²) in [4.78, 5) is 19.2. The average Bonchev–Trinajstić information content (AvgIpc) is 2.98. The Morgan fingerprint density at radius 3 is 2.95 bits per heavy atom. The van der Waals surface area contributed by atoms with Crippen molar-refractivity contribution in [1.29, 1.82) is 0 Å². The second kappa shape index (κ2) is 4.82. The third kappa shape index (κ3) is 2.13. The molecule has 0 bridgehead atoms. The van der Waals surface area contributed by atoms with E-state index in [4.69, 9.17) is 0 Å². The summed E-state index contributed by atoms with van der Waals surface area (Å²) in [5.41, 5.74) is 2.93. The van der Waals surface area contributed by atoms with Crippen LogP contribution in [0.2, 0.25) is 0 Å². The Hall–Kier alpha value is -2.47. The van der Waals surface area contributed by atoms with Crippen LogP contribution in [0, 0.1) is 0 Å². The summed E-state index contributed by atoms with van der Waals surface area (Å²) < 4.78 is 1.48. The predicted molar refractivity (Wildman–Crippen MR) is 77.9 cm³/mol. The lowest BCUT2D eigenvalue weighted by Gasteiger charge is -2.27. The first-order valence-electron chi connectivity index (χ1n) is 7.01. The van der Waals surface area contributed by atoms with Gasteiger partial charge in [0, 0.05) is 26.1 Å². The minimum Gasteiger partial charge on any atom is -0.294 e. The van der Waals surface area contributed by atoms with E-state index in [0.29, 0.717) is 12.3 Å². The van der Waals surface area contributed by atoms with E-state index in [-0.39, 0.29) is 5.56 Å². The highest BCUT2D eigenvalue weighted by atomic mass is 16.1. The summed E-state index contributed by atoms with van der Waals surface area (Å²) in [7, 11) is 0. The van der Waals surface area contributed by atoms with Gasteiger partial charge in [-0.25, -0.2) is 14.5 Å². The molecule has 1 N–H and O–H groups in total. The van der Waals surface area contributed by atoms with E-state index in [1.807, 2.05) is 18.2 Å². The number of H-pyrrole nitrogens is 1. The molecule has 4 rings (SSSR count). The fraction of sp³-hybridized carbons (Fsp3) is 0.267.